The Morgan fingerprint density at radius 1 is 1.03 bits per heavy atom. The second-order valence-electron chi connectivity index (χ2n) is 7.68. The molecule has 8 nitrogen and oxygen atoms in total. The number of nitrogens with one attached hydrogen (secondary N) is 1. The van der Waals surface area contributed by atoms with Crippen molar-refractivity contribution in [2.75, 3.05) is 20.0 Å². The average molecular weight is 566 g/mol. The van der Waals surface area contributed by atoms with Crippen LogP contribution in [0.3, 0.4) is 0 Å². The molecule has 0 spiro atoms. The first-order valence-electron chi connectivity index (χ1n) is 10.9. The molecule has 0 atom stereocenters. The number of aromatic nitrogens is 3. The van der Waals surface area contributed by atoms with Gasteiger partial charge < -0.3 is 9.47 Å². The number of hydrogen-bond donors (Lipinski definition) is 1. The van der Waals surface area contributed by atoms with Crippen molar-refractivity contribution in [3.63, 3.8) is 0 Å². The second-order valence-corrected chi connectivity index (χ2v) is 9.54. The summed E-state index contributed by atoms with van der Waals surface area (Å²) in [5.74, 6) is 1.70. The highest BCUT2D eigenvalue weighted by atomic mass is 79.9. The quantitative estimate of drug-likeness (QED) is 0.169. The van der Waals surface area contributed by atoms with E-state index in [0.29, 0.717) is 22.5 Å². The lowest BCUT2D eigenvalue weighted by Crippen LogP contribution is -2.20. The highest BCUT2D eigenvalue weighted by Gasteiger charge is 2.19. The predicted octanol–water partition coefficient (Wildman–Crippen LogP) is 5.26. The van der Waals surface area contributed by atoms with Gasteiger partial charge in [0.2, 0.25) is 0 Å². The van der Waals surface area contributed by atoms with Crippen LogP contribution >= 0.6 is 27.7 Å². The number of amides is 1. The van der Waals surface area contributed by atoms with Crippen LogP contribution < -0.4 is 14.9 Å². The fourth-order valence-corrected chi connectivity index (χ4v) is 4.35. The van der Waals surface area contributed by atoms with E-state index >= 15 is 0 Å². The summed E-state index contributed by atoms with van der Waals surface area (Å²) in [6, 6.07) is 21.2. The summed E-state index contributed by atoms with van der Waals surface area (Å²) in [4.78, 5) is 12.4. The topological polar surface area (TPSA) is 90.6 Å². The van der Waals surface area contributed by atoms with Gasteiger partial charge in [-0.2, -0.15) is 5.10 Å². The molecule has 0 fully saturated rings. The van der Waals surface area contributed by atoms with E-state index < -0.39 is 0 Å². The zero-order valence-electron chi connectivity index (χ0n) is 19.9. The molecule has 0 unspecified atom stereocenters. The normalized spacial score (nSPS) is 11.0. The van der Waals surface area contributed by atoms with E-state index in [9.17, 15) is 4.79 Å². The third kappa shape index (κ3) is 6.13. The van der Waals surface area contributed by atoms with Gasteiger partial charge in [-0.05, 0) is 55.0 Å². The van der Waals surface area contributed by atoms with Crippen LogP contribution in [0.15, 0.2) is 81.5 Å². The lowest BCUT2D eigenvalue weighted by Gasteiger charge is -2.12. The van der Waals surface area contributed by atoms with Crippen molar-refractivity contribution in [3.8, 4) is 28.6 Å². The zero-order valence-corrected chi connectivity index (χ0v) is 22.3. The van der Waals surface area contributed by atoms with Crippen LogP contribution in [0.2, 0.25) is 0 Å². The first-order valence-corrected chi connectivity index (χ1v) is 12.7. The van der Waals surface area contributed by atoms with Crippen molar-refractivity contribution in [2.45, 2.75) is 12.1 Å². The lowest BCUT2D eigenvalue weighted by molar-refractivity contribution is -0.118. The summed E-state index contributed by atoms with van der Waals surface area (Å²) >= 11 is 4.67. The molecule has 1 N–H and O–H groups in total. The van der Waals surface area contributed by atoms with Crippen molar-refractivity contribution < 1.29 is 14.3 Å². The lowest BCUT2D eigenvalue weighted by atomic mass is 10.1. The highest BCUT2D eigenvalue weighted by Crippen LogP contribution is 2.34. The number of thioether (sulfide) groups is 1. The monoisotopic (exact) mass is 565 g/mol. The molecule has 0 saturated carbocycles. The van der Waals surface area contributed by atoms with Gasteiger partial charge in [0, 0.05) is 15.7 Å². The molecule has 0 aliphatic carbocycles. The van der Waals surface area contributed by atoms with Crippen molar-refractivity contribution in [1.82, 2.24) is 20.2 Å². The summed E-state index contributed by atoms with van der Waals surface area (Å²) < 4.78 is 13.7. The summed E-state index contributed by atoms with van der Waals surface area (Å²) in [5.41, 5.74) is 6.26. The van der Waals surface area contributed by atoms with Crippen LogP contribution in [-0.4, -0.2) is 46.9 Å². The van der Waals surface area contributed by atoms with Gasteiger partial charge in [0.25, 0.3) is 5.91 Å². The van der Waals surface area contributed by atoms with E-state index in [2.05, 4.69) is 36.7 Å². The molecule has 0 aliphatic heterocycles. The number of carbonyl (C=O) groups excluding carboxylic acids is 1. The van der Waals surface area contributed by atoms with Crippen LogP contribution in [0.25, 0.3) is 17.1 Å². The van der Waals surface area contributed by atoms with E-state index in [4.69, 9.17) is 9.47 Å². The molecule has 3 aromatic carbocycles. The summed E-state index contributed by atoms with van der Waals surface area (Å²) in [7, 11) is 3.18. The third-order valence-electron chi connectivity index (χ3n) is 5.17. The molecule has 1 heterocycles. The molecule has 4 aromatic rings. The molecular weight excluding hydrogens is 542 g/mol. The highest BCUT2D eigenvalue weighted by molar-refractivity contribution is 9.10. The van der Waals surface area contributed by atoms with Crippen molar-refractivity contribution in [2.24, 2.45) is 5.10 Å². The number of rotatable bonds is 9. The van der Waals surface area contributed by atoms with Gasteiger partial charge in [-0.3, -0.25) is 9.36 Å². The minimum atomic E-state index is -0.250. The van der Waals surface area contributed by atoms with Gasteiger partial charge in [-0.15, -0.1) is 10.2 Å². The molecule has 0 bridgehead atoms. The fourth-order valence-electron chi connectivity index (χ4n) is 3.34. The molecule has 1 aromatic heterocycles. The van der Waals surface area contributed by atoms with Gasteiger partial charge in [0.05, 0.1) is 26.2 Å². The Labute approximate surface area is 221 Å². The summed E-state index contributed by atoms with van der Waals surface area (Å²) in [6.07, 6.45) is 1.60. The maximum absolute atomic E-state index is 12.4. The number of aryl methyl sites for hydroxylation is 1. The predicted molar refractivity (Wildman–Crippen MR) is 145 cm³/mol. The molecule has 0 radical (unpaired) electrons. The van der Waals surface area contributed by atoms with Crippen molar-refractivity contribution in [3.05, 3.63) is 82.3 Å². The molecule has 4 rings (SSSR count). The minimum absolute atomic E-state index is 0.119. The molecular formula is C26H24BrN5O3S. The van der Waals surface area contributed by atoms with Gasteiger partial charge in [0.15, 0.2) is 22.5 Å². The molecule has 10 heteroatoms. The van der Waals surface area contributed by atoms with Gasteiger partial charge in [-0.1, -0.05) is 57.5 Å². The number of hydrazone groups is 1. The fraction of sp³-hybridized carbons (Fsp3) is 0.154. The SMILES string of the molecule is COc1ccc(-c2nnc(SCC(=O)NN=Cc3ccc(Br)cc3)n2-c2ccc(C)cc2)cc1OC. The smallest absolute Gasteiger partial charge is 0.250 e. The van der Waals surface area contributed by atoms with Crippen molar-refractivity contribution in [1.29, 1.82) is 0 Å². The Hall–Kier alpha value is -3.63. The summed E-state index contributed by atoms with van der Waals surface area (Å²) in [6.45, 7) is 2.03. The van der Waals surface area contributed by atoms with Gasteiger partial charge >= 0.3 is 0 Å². The minimum Gasteiger partial charge on any atom is -0.493 e. The Balaban J connectivity index is 1.56. The average Bonchev–Trinajstić information content (AvgIpc) is 3.32. The number of methoxy groups -OCH3 is 2. The van der Waals surface area contributed by atoms with Gasteiger partial charge in [-0.25, -0.2) is 5.43 Å². The van der Waals surface area contributed by atoms with Crippen LogP contribution in [0.5, 0.6) is 11.5 Å². The molecule has 184 valence electrons. The number of halogens is 1. The van der Waals surface area contributed by atoms with E-state index in [1.165, 1.54) is 11.8 Å². The summed E-state index contributed by atoms with van der Waals surface area (Å²) in [5, 5.41) is 13.4. The first kappa shape index (κ1) is 25.5. The molecule has 1 amide bonds. The van der Waals surface area contributed by atoms with E-state index in [1.54, 1.807) is 20.4 Å². The van der Waals surface area contributed by atoms with Gasteiger partial charge in [0.1, 0.15) is 0 Å². The molecule has 0 aliphatic rings. The Kier molecular flexibility index (Phi) is 8.40. The van der Waals surface area contributed by atoms with E-state index in [0.717, 1.165) is 26.9 Å². The molecule has 36 heavy (non-hydrogen) atoms. The largest absolute Gasteiger partial charge is 0.493 e. The second kappa shape index (κ2) is 11.9. The van der Waals surface area contributed by atoms with E-state index in [1.807, 2.05) is 78.2 Å². The Bertz CT molecular complexity index is 1370. The molecule has 0 saturated heterocycles. The maximum atomic E-state index is 12.4. The van der Waals surface area contributed by atoms with E-state index in [-0.39, 0.29) is 11.7 Å². The number of ether oxygens (including phenoxy) is 2. The van der Waals surface area contributed by atoms with Crippen LogP contribution in [-0.2, 0) is 4.79 Å². The standard InChI is InChI=1S/C26H24BrN5O3S/c1-17-4-11-21(12-5-17)32-25(19-8-13-22(34-2)23(14-19)35-3)30-31-26(32)36-16-24(33)29-28-15-18-6-9-20(27)10-7-18/h4-15H,16H2,1-3H3,(H,29,33). The Morgan fingerprint density at radius 2 is 1.75 bits per heavy atom. The number of hydrogen-bond acceptors (Lipinski definition) is 7. The third-order valence-corrected chi connectivity index (χ3v) is 6.63. The zero-order chi connectivity index (χ0) is 25.5. The number of benzene rings is 3. The number of nitrogens with zero attached hydrogens (tertiary/aromatic N) is 4. The maximum Gasteiger partial charge on any atom is 0.250 e. The van der Waals surface area contributed by atoms with Crippen LogP contribution in [0.1, 0.15) is 11.1 Å². The van der Waals surface area contributed by atoms with Crippen LogP contribution in [0, 0.1) is 6.92 Å². The van der Waals surface area contributed by atoms with Crippen molar-refractivity contribution >= 4 is 39.8 Å². The van der Waals surface area contributed by atoms with Crippen LogP contribution in [0.4, 0.5) is 0 Å². The Morgan fingerprint density at radius 3 is 2.44 bits per heavy atom. The first-order chi connectivity index (χ1) is 17.5. The number of carbonyl (C=O) groups is 1.